The van der Waals surface area contributed by atoms with Crippen LogP contribution in [0.5, 0.6) is 0 Å². The van der Waals surface area contributed by atoms with Gasteiger partial charge in [-0.25, -0.2) is 4.79 Å². The number of nitrogens with one attached hydrogen (secondary N) is 1. The van der Waals surface area contributed by atoms with Crippen LogP contribution in [0.2, 0.25) is 0 Å². The number of hydrogen-bond donors (Lipinski definition) is 1. The molecule has 1 aromatic carbocycles. The van der Waals surface area contributed by atoms with Gasteiger partial charge in [0.25, 0.3) is 6.20 Å². The molecule has 0 radical (unpaired) electrons. The maximum Gasteiger partial charge on any atom is 0.413 e. The smallest absolute Gasteiger partial charge is 0.413 e. The lowest BCUT2D eigenvalue weighted by Gasteiger charge is -1.93. The monoisotopic (exact) mass is 234 g/mol. The largest absolute Gasteiger partial charge is 0.453 e. The van der Waals surface area contributed by atoms with E-state index in [2.05, 4.69) is 15.3 Å². The Morgan fingerprint density at radius 2 is 2.12 bits per heavy atom. The molecular weight excluding hydrogens is 222 g/mol. The Labute approximate surface area is 97.8 Å². The zero-order valence-electron chi connectivity index (χ0n) is 9.51. The van der Waals surface area contributed by atoms with Crippen molar-refractivity contribution < 1.29 is 18.7 Å². The standard InChI is InChI=1S/C11H11N3O3/c1-8-3-5-9(6-4-8)14-7-10(17-13-14)12-11(15)16-2/h3-7H,1-2H3/p+1. The molecule has 1 amide bonds. The predicted molar refractivity (Wildman–Crippen MR) is 58.8 cm³/mol. The molecule has 0 aliphatic carbocycles. The molecule has 1 aromatic heterocycles. The van der Waals surface area contributed by atoms with E-state index in [9.17, 15) is 4.79 Å². The van der Waals surface area contributed by atoms with Crippen molar-refractivity contribution in [2.75, 3.05) is 12.4 Å². The molecule has 0 spiro atoms. The number of carbonyl (C=O) groups is 1. The average Bonchev–Trinajstić information content (AvgIpc) is 2.78. The van der Waals surface area contributed by atoms with Gasteiger partial charge in [0.05, 0.1) is 7.11 Å². The third-order valence-electron chi connectivity index (χ3n) is 2.18. The van der Waals surface area contributed by atoms with Gasteiger partial charge in [0.1, 0.15) is 0 Å². The molecular formula is C11H12N3O3+. The Balaban J connectivity index is 2.18. The minimum absolute atomic E-state index is 0.220. The molecule has 0 aliphatic heterocycles. The van der Waals surface area contributed by atoms with Crippen molar-refractivity contribution in [3.05, 3.63) is 36.0 Å². The van der Waals surface area contributed by atoms with E-state index in [4.69, 9.17) is 4.52 Å². The van der Waals surface area contributed by atoms with Gasteiger partial charge in [0.15, 0.2) is 0 Å². The van der Waals surface area contributed by atoms with Gasteiger partial charge in [-0.3, -0.25) is 9.84 Å². The van der Waals surface area contributed by atoms with E-state index < -0.39 is 6.09 Å². The summed E-state index contributed by atoms with van der Waals surface area (Å²) in [5.41, 5.74) is 2.00. The highest BCUT2D eigenvalue weighted by Crippen LogP contribution is 2.06. The Kier molecular flexibility index (Phi) is 3.04. The average molecular weight is 234 g/mol. The normalized spacial score (nSPS) is 10.0. The minimum Gasteiger partial charge on any atom is -0.453 e. The second-order valence-corrected chi connectivity index (χ2v) is 3.46. The lowest BCUT2D eigenvalue weighted by Crippen LogP contribution is -2.31. The van der Waals surface area contributed by atoms with Crippen LogP contribution >= 0.6 is 0 Å². The summed E-state index contributed by atoms with van der Waals surface area (Å²) in [5.74, 6) is 0.220. The highest BCUT2D eigenvalue weighted by molar-refractivity contribution is 5.82. The van der Waals surface area contributed by atoms with Crippen LogP contribution in [0.1, 0.15) is 5.56 Å². The van der Waals surface area contributed by atoms with Crippen LogP contribution in [0.25, 0.3) is 5.69 Å². The maximum atomic E-state index is 10.9. The van der Waals surface area contributed by atoms with Crippen LogP contribution in [0, 0.1) is 6.92 Å². The summed E-state index contributed by atoms with van der Waals surface area (Å²) in [5, 5.41) is 6.16. The number of ether oxygens (including phenoxy) is 1. The molecule has 17 heavy (non-hydrogen) atoms. The van der Waals surface area contributed by atoms with Gasteiger partial charge >= 0.3 is 12.0 Å². The molecule has 0 fully saturated rings. The molecule has 1 N–H and O–H groups in total. The first-order valence-electron chi connectivity index (χ1n) is 5.00. The molecule has 0 unspecified atom stereocenters. The van der Waals surface area contributed by atoms with Gasteiger partial charge in [-0.15, -0.1) is 0 Å². The fraction of sp³-hybridized carbons (Fsp3) is 0.182. The molecule has 0 saturated heterocycles. The fourth-order valence-corrected chi connectivity index (χ4v) is 1.27. The molecule has 0 bridgehead atoms. The van der Waals surface area contributed by atoms with E-state index in [1.54, 1.807) is 6.20 Å². The van der Waals surface area contributed by atoms with Crippen molar-refractivity contribution in [3.63, 3.8) is 0 Å². The zero-order valence-corrected chi connectivity index (χ0v) is 9.51. The molecule has 6 nitrogen and oxygen atoms in total. The summed E-state index contributed by atoms with van der Waals surface area (Å²) in [6.45, 7) is 2.00. The minimum atomic E-state index is -0.600. The van der Waals surface area contributed by atoms with Gasteiger partial charge in [0, 0.05) is 12.1 Å². The van der Waals surface area contributed by atoms with E-state index >= 15 is 0 Å². The van der Waals surface area contributed by atoms with Crippen LogP contribution in [-0.4, -0.2) is 18.5 Å². The Bertz CT molecular complexity index is 519. The van der Waals surface area contributed by atoms with Crippen LogP contribution in [0.3, 0.4) is 0 Å². The number of nitrogens with zero attached hydrogens (tertiary/aromatic N) is 2. The molecule has 0 aliphatic rings. The molecule has 2 aromatic rings. The maximum absolute atomic E-state index is 10.9. The van der Waals surface area contributed by atoms with E-state index in [-0.39, 0.29) is 5.88 Å². The van der Waals surface area contributed by atoms with Crippen molar-refractivity contribution in [3.8, 4) is 5.69 Å². The Morgan fingerprint density at radius 1 is 1.41 bits per heavy atom. The molecule has 0 atom stereocenters. The first-order valence-corrected chi connectivity index (χ1v) is 5.00. The van der Waals surface area contributed by atoms with Crippen LogP contribution in [0.15, 0.2) is 35.0 Å². The van der Waals surface area contributed by atoms with Crippen LogP contribution in [0.4, 0.5) is 10.7 Å². The lowest BCUT2D eigenvalue weighted by molar-refractivity contribution is -0.670. The van der Waals surface area contributed by atoms with Crippen LogP contribution in [-0.2, 0) is 4.74 Å². The highest BCUT2D eigenvalue weighted by Gasteiger charge is 2.16. The number of anilines is 1. The van der Waals surface area contributed by atoms with Gasteiger partial charge in [-0.2, -0.15) is 0 Å². The van der Waals surface area contributed by atoms with Crippen molar-refractivity contribution in [1.82, 2.24) is 5.27 Å². The molecule has 2 rings (SSSR count). The van der Waals surface area contributed by atoms with E-state index in [0.29, 0.717) is 0 Å². The number of amides is 1. The van der Waals surface area contributed by atoms with Gasteiger partial charge in [0.2, 0.25) is 11.0 Å². The predicted octanol–water partition coefficient (Wildman–Crippen LogP) is 1.44. The van der Waals surface area contributed by atoms with Gasteiger partial charge in [-0.05, 0) is 11.6 Å². The van der Waals surface area contributed by atoms with Crippen LogP contribution < -0.4 is 10.00 Å². The quantitative estimate of drug-likeness (QED) is 0.798. The number of methoxy groups -OCH3 is 1. The Morgan fingerprint density at radius 3 is 2.76 bits per heavy atom. The summed E-state index contributed by atoms with van der Waals surface area (Å²) in [6, 6.07) is 7.73. The molecule has 6 heteroatoms. The number of rotatable bonds is 2. The summed E-state index contributed by atoms with van der Waals surface area (Å²) in [4.78, 5) is 10.9. The third-order valence-corrected chi connectivity index (χ3v) is 2.18. The van der Waals surface area contributed by atoms with Crippen molar-refractivity contribution >= 4 is 12.0 Å². The number of benzene rings is 1. The second-order valence-electron chi connectivity index (χ2n) is 3.46. The first kappa shape index (κ1) is 11.1. The molecule has 0 saturated carbocycles. The summed E-state index contributed by atoms with van der Waals surface area (Å²) < 4.78 is 10.9. The van der Waals surface area contributed by atoms with E-state index in [1.165, 1.54) is 11.8 Å². The second kappa shape index (κ2) is 4.65. The molecule has 1 heterocycles. The lowest BCUT2D eigenvalue weighted by atomic mass is 10.2. The van der Waals surface area contributed by atoms with E-state index in [0.717, 1.165) is 11.3 Å². The van der Waals surface area contributed by atoms with Gasteiger partial charge in [-0.1, -0.05) is 17.7 Å². The number of hydrogen-bond acceptors (Lipinski definition) is 4. The SMILES string of the molecule is COC(=O)Nc1c[n+](-c2ccc(C)cc2)no1. The van der Waals surface area contributed by atoms with Crippen molar-refractivity contribution in [2.45, 2.75) is 6.92 Å². The third kappa shape index (κ3) is 2.60. The topological polar surface area (TPSA) is 68.2 Å². The summed E-state index contributed by atoms with van der Waals surface area (Å²) >= 11 is 0. The van der Waals surface area contributed by atoms with Crippen molar-refractivity contribution in [1.29, 1.82) is 0 Å². The highest BCUT2D eigenvalue weighted by atomic mass is 16.5. The number of carbonyl (C=O) groups excluding carboxylic acids is 1. The molecule has 88 valence electrons. The number of aryl methyl sites for hydroxylation is 1. The first-order chi connectivity index (χ1) is 8.19. The fourth-order valence-electron chi connectivity index (χ4n) is 1.27. The number of aromatic nitrogens is 2. The summed E-state index contributed by atoms with van der Waals surface area (Å²) in [7, 11) is 1.28. The Hall–Kier alpha value is -2.37. The zero-order chi connectivity index (χ0) is 12.3. The summed E-state index contributed by atoms with van der Waals surface area (Å²) in [6.07, 6.45) is 0.957. The van der Waals surface area contributed by atoms with Crippen molar-refractivity contribution in [2.24, 2.45) is 0 Å². The van der Waals surface area contributed by atoms with E-state index in [1.807, 2.05) is 31.2 Å². The van der Waals surface area contributed by atoms with Gasteiger partial charge < -0.3 is 4.74 Å².